The molecule has 0 aliphatic carbocycles. The molecule has 0 aliphatic rings. The molecule has 2 heterocycles. The number of carbonyl (C=O) groups is 1. The van der Waals surface area contributed by atoms with E-state index in [1.54, 1.807) is 24.4 Å². The van der Waals surface area contributed by atoms with Crippen LogP contribution in [0.15, 0.2) is 35.1 Å². The molecule has 0 aliphatic heterocycles. The van der Waals surface area contributed by atoms with Crippen molar-refractivity contribution in [2.24, 2.45) is 0 Å². The monoisotopic (exact) mass is 312 g/mol. The number of aromatic nitrogens is 2. The average Bonchev–Trinajstić information content (AvgIpc) is 2.88. The van der Waals surface area contributed by atoms with E-state index in [1.807, 2.05) is 13.8 Å². The van der Waals surface area contributed by atoms with Gasteiger partial charge in [-0.3, -0.25) is 14.8 Å². The highest BCUT2D eigenvalue weighted by Crippen LogP contribution is 2.26. The minimum atomic E-state index is -0.888. The molecule has 3 aromatic rings. The summed E-state index contributed by atoms with van der Waals surface area (Å²) < 4.78 is 11.1. The predicted octanol–water partition coefficient (Wildman–Crippen LogP) is 3.05. The van der Waals surface area contributed by atoms with Gasteiger partial charge in [-0.25, -0.2) is 0 Å². The molecular weight excluding hydrogens is 296 g/mol. The summed E-state index contributed by atoms with van der Waals surface area (Å²) in [5.41, 5.74) is 3.74. The normalized spacial score (nSPS) is 10.9. The number of fused-ring (bicyclic) bond motifs is 1. The fourth-order valence-corrected chi connectivity index (χ4v) is 2.37. The van der Waals surface area contributed by atoms with Gasteiger partial charge in [-0.05, 0) is 26.0 Å². The highest BCUT2D eigenvalue weighted by Gasteiger charge is 2.11. The molecule has 0 saturated carbocycles. The molecule has 1 N–H and O–H groups in total. The molecule has 0 bridgehead atoms. The van der Waals surface area contributed by atoms with Crippen molar-refractivity contribution in [2.75, 3.05) is 0 Å². The van der Waals surface area contributed by atoms with E-state index in [4.69, 9.17) is 14.3 Å². The minimum Gasteiger partial charge on any atom is -0.487 e. The van der Waals surface area contributed by atoms with Crippen molar-refractivity contribution in [3.05, 3.63) is 53.3 Å². The molecule has 23 heavy (non-hydrogen) atoms. The SMILES string of the molecule is Cc1cnc(COc2ccc3c(CC(=O)O)coc3c2)c(C)n1. The molecule has 3 rings (SSSR count). The van der Waals surface area contributed by atoms with Crippen molar-refractivity contribution in [1.82, 2.24) is 9.97 Å². The molecule has 6 nitrogen and oxygen atoms in total. The average molecular weight is 312 g/mol. The summed E-state index contributed by atoms with van der Waals surface area (Å²) in [6, 6.07) is 5.35. The lowest BCUT2D eigenvalue weighted by Gasteiger charge is -2.08. The number of aryl methyl sites for hydroxylation is 2. The largest absolute Gasteiger partial charge is 0.487 e. The summed E-state index contributed by atoms with van der Waals surface area (Å²) in [6.45, 7) is 4.10. The smallest absolute Gasteiger partial charge is 0.307 e. The van der Waals surface area contributed by atoms with Crippen LogP contribution in [0.3, 0.4) is 0 Å². The van der Waals surface area contributed by atoms with Crippen LogP contribution in [0.2, 0.25) is 0 Å². The molecule has 1 aromatic carbocycles. The van der Waals surface area contributed by atoms with Crippen LogP contribution >= 0.6 is 0 Å². The summed E-state index contributed by atoms with van der Waals surface area (Å²) in [7, 11) is 0. The zero-order chi connectivity index (χ0) is 16.4. The van der Waals surface area contributed by atoms with Gasteiger partial charge in [0.25, 0.3) is 0 Å². The number of hydrogen-bond donors (Lipinski definition) is 1. The third kappa shape index (κ3) is 3.31. The topological polar surface area (TPSA) is 85.5 Å². The lowest BCUT2D eigenvalue weighted by atomic mass is 10.1. The van der Waals surface area contributed by atoms with Crippen LogP contribution in [0, 0.1) is 13.8 Å². The first kappa shape index (κ1) is 15.0. The van der Waals surface area contributed by atoms with E-state index in [2.05, 4.69) is 9.97 Å². The summed E-state index contributed by atoms with van der Waals surface area (Å²) in [5, 5.41) is 9.66. The van der Waals surface area contributed by atoms with Gasteiger partial charge in [0.05, 0.1) is 29.8 Å². The molecule has 0 spiro atoms. The van der Waals surface area contributed by atoms with E-state index in [1.165, 1.54) is 6.26 Å². The van der Waals surface area contributed by atoms with Gasteiger partial charge >= 0.3 is 5.97 Å². The van der Waals surface area contributed by atoms with Gasteiger partial charge in [-0.15, -0.1) is 0 Å². The van der Waals surface area contributed by atoms with Crippen LogP contribution in [0.1, 0.15) is 22.6 Å². The summed E-state index contributed by atoms with van der Waals surface area (Å²) in [5.74, 6) is -0.253. The second-order valence-corrected chi connectivity index (χ2v) is 5.32. The van der Waals surface area contributed by atoms with Crippen LogP contribution in [0.5, 0.6) is 5.75 Å². The van der Waals surface area contributed by atoms with Crippen LogP contribution in [-0.4, -0.2) is 21.0 Å². The van der Waals surface area contributed by atoms with Gasteiger partial charge in [0.1, 0.15) is 17.9 Å². The van der Waals surface area contributed by atoms with Gasteiger partial charge in [0, 0.05) is 23.2 Å². The lowest BCUT2D eigenvalue weighted by molar-refractivity contribution is -0.136. The van der Waals surface area contributed by atoms with E-state index >= 15 is 0 Å². The fraction of sp³-hybridized carbons (Fsp3) is 0.235. The Morgan fingerprint density at radius 1 is 1.35 bits per heavy atom. The van der Waals surface area contributed by atoms with Crippen molar-refractivity contribution in [2.45, 2.75) is 26.9 Å². The number of benzene rings is 1. The van der Waals surface area contributed by atoms with E-state index in [0.717, 1.165) is 22.5 Å². The van der Waals surface area contributed by atoms with E-state index in [0.29, 0.717) is 23.5 Å². The maximum Gasteiger partial charge on any atom is 0.307 e. The molecule has 6 heteroatoms. The second kappa shape index (κ2) is 6.08. The summed E-state index contributed by atoms with van der Waals surface area (Å²) >= 11 is 0. The van der Waals surface area contributed by atoms with Gasteiger partial charge in [-0.1, -0.05) is 0 Å². The fourth-order valence-electron chi connectivity index (χ4n) is 2.37. The number of furan rings is 1. The maximum atomic E-state index is 10.8. The molecule has 0 amide bonds. The second-order valence-electron chi connectivity index (χ2n) is 5.32. The van der Waals surface area contributed by atoms with Crippen LogP contribution in [0.4, 0.5) is 0 Å². The first-order valence-corrected chi connectivity index (χ1v) is 7.17. The number of nitrogens with zero attached hydrogens (tertiary/aromatic N) is 2. The van der Waals surface area contributed by atoms with Gasteiger partial charge < -0.3 is 14.3 Å². The molecule has 0 unspecified atom stereocenters. The zero-order valence-electron chi connectivity index (χ0n) is 12.9. The highest BCUT2D eigenvalue weighted by atomic mass is 16.5. The Hall–Kier alpha value is -2.89. The standard InChI is InChI=1S/C17H16N2O4/c1-10-7-18-15(11(2)19-10)9-22-13-3-4-14-12(5-17(20)21)8-23-16(14)6-13/h3-4,6-8H,5,9H2,1-2H3,(H,20,21). The van der Waals surface area contributed by atoms with Crippen molar-refractivity contribution in [1.29, 1.82) is 0 Å². The predicted molar refractivity (Wildman–Crippen MR) is 83.4 cm³/mol. The number of ether oxygens (including phenoxy) is 1. The van der Waals surface area contributed by atoms with E-state index in [9.17, 15) is 4.79 Å². The van der Waals surface area contributed by atoms with Gasteiger partial charge in [-0.2, -0.15) is 0 Å². The molecule has 0 fully saturated rings. The van der Waals surface area contributed by atoms with Gasteiger partial charge in [0.15, 0.2) is 0 Å². The van der Waals surface area contributed by atoms with Gasteiger partial charge in [0.2, 0.25) is 0 Å². The molecule has 2 aromatic heterocycles. The van der Waals surface area contributed by atoms with Crippen molar-refractivity contribution < 1.29 is 19.1 Å². The number of carboxylic acid groups (broad SMARTS) is 1. The Morgan fingerprint density at radius 2 is 2.17 bits per heavy atom. The van der Waals surface area contributed by atoms with E-state index in [-0.39, 0.29) is 6.42 Å². The zero-order valence-corrected chi connectivity index (χ0v) is 12.9. The Bertz CT molecular complexity index is 870. The molecule has 0 atom stereocenters. The quantitative estimate of drug-likeness (QED) is 0.779. The van der Waals surface area contributed by atoms with Crippen LogP contribution in [-0.2, 0) is 17.8 Å². The van der Waals surface area contributed by atoms with Crippen molar-refractivity contribution in [3.8, 4) is 5.75 Å². The molecule has 0 saturated heterocycles. The maximum absolute atomic E-state index is 10.8. The minimum absolute atomic E-state index is 0.0641. The van der Waals surface area contributed by atoms with E-state index < -0.39 is 5.97 Å². The Morgan fingerprint density at radius 3 is 2.91 bits per heavy atom. The van der Waals surface area contributed by atoms with Crippen molar-refractivity contribution >= 4 is 16.9 Å². The Labute approximate surface area is 132 Å². The first-order valence-electron chi connectivity index (χ1n) is 7.17. The number of carboxylic acids is 1. The Balaban J connectivity index is 1.77. The van der Waals surface area contributed by atoms with Crippen molar-refractivity contribution in [3.63, 3.8) is 0 Å². The number of rotatable bonds is 5. The van der Waals surface area contributed by atoms with Crippen LogP contribution < -0.4 is 4.74 Å². The van der Waals surface area contributed by atoms with Crippen LogP contribution in [0.25, 0.3) is 11.0 Å². The Kier molecular flexibility index (Phi) is 3.97. The third-order valence-electron chi connectivity index (χ3n) is 3.51. The number of hydrogen-bond acceptors (Lipinski definition) is 5. The molecule has 118 valence electrons. The lowest BCUT2D eigenvalue weighted by Crippen LogP contribution is -2.03. The summed E-state index contributed by atoms with van der Waals surface area (Å²) in [4.78, 5) is 19.5. The first-order chi connectivity index (χ1) is 11.0. The number of aliphatic carboxylic acids is 1. The third-order valence-corrected chi connectivity index (χ3v) is 3.51. The molecule has 0 radical (unpaired) electrons. The molecular formula is C17H16N2O4. The summed E-state index contributed by atoms with van der Waals surface area (Å²) in [6.07, 6.45) is 3.11. The highest BCUT2D eigenvalue weighted by molar-refractivity contribution is 5.86.